The Morgan fingerprint density at radius 1 is 1.38 bits per heavy atom. The highest BCUT2D eigenvalue weighted by molar-refractivity contribution is 7.91. The summed E-state index contributed by atoms with van der Waals surface area (Å²) in [5, 5.41) is 3.14. The van der Waals surface area contributed by atoms with Gasteiger partial charge in [-0.2, -0.15) is 0 Å². The van der Waals surface area contributed by atoms with E-state index in [0.717, 1.165) is 37.1 Å². The maximum absolute atomic E-state index is 12.2. The van der Waals surface area contributed by atoms with E-state index in [1.165, 1.54) is 12.1 Å². The molecule has 0 unspecified atom stereocenters. The molecule has 0 atom stereocenters. The second-order valence-corrected chi connectivity index (χ2v) is 9.31. The van der Waals surface area contributed by atoms with Gasteiger partial charge in [-0.05, 0) is 50.9 Å². The summed E-state index contributed by atoms with van der Waals surface area (Å²) in [4.78, 5) is 13.9. The molecule has 6 nitrogen and oxygen atoms in total. The number of nitrogens with zero attached hydrogens (tertiary/aromatic N) is 1. The van der Waals surface area contributed by atoms with Crippen LogP contribution in [0.2, 0.25) is 4.34 Å². The summed E-state index contributed by atoms with van der Waals surface area (Å²) in [6.07, 6.45) is 3.06. The van der Waals surface area contributed by atoms with Crippen LogP contribution in [0.1, 0.15) is 19.3 Å². The van der Waals surface area contributed by atoms with Crippen LogP contribution < -0.4 is 10.0 Å². The molecule has 0 aromatic carbocycles. The number of nitrogens with one attached hydrogen (secondary N) is 2. The Labute approximate surface area is 158 Å². The van der Waals surface area contributed by atoms with Crippen molar-refractivity contribution in [3.05, 3.63) is 16.5 Å². The van der Waals surface area contributed by atoms with Gasteiger partial charge >= 0.3 is 0 Å². The predicted molar refractivity (Wildman–Crippen MR) is 99.6 cm³/mol. The molecule has 2 rings (SSSR count). The number of thiophene rings is 1. The molecule has 10 heteroatoms. The Morgan fingerprint density at radius 3 is 2.58 bits per heavy atom. The maximum Gasteiger partial charge on any atom is 0.250 e. The first kappa shape index (κ1) is 21.7. The molecule has 1 amide bonds. The fourth-order valence-electron chi connectivity index (χ4n) is 2.60. The number of carbonyl (C=O) groups excluding carboxylic acids is 1. The minimum Gasteiger partial charge on any atom is -0.342 e. The van der Waals surface area contributed by atoms with Crippen molar-refractivity contribution in [1.82, 2.24) is 14.9 Å². The van der Waals surface area contributed by atoms with Crippen molar-refractivity contribution in [3.63, 3.8) is 0 Å². The smallest absolute Gasteiger partial charge is 0.250 e. The third kappa shape index (κ3) is 6.16. The number of halogens is 2. The van der Waals surface area contributed by atoms with Gasteiger partial charge in [-0.25, -0.2) is 13.1 Å². The van der Waals surface area contributed by atoms with E-state index < -0.39 is 10.0 Å². The zero-order chi connectivity index (χ0) is 16.9. The van der Waals surface area contributed by atoms with E-state index in [1.807, 2.05) is 7.05 Å². The van der Waals surface area contributed by atoms with Crippen LogP contribution in [0.4, 0.5) is 0 Å². The van der Waals surface area contributed by atoms with Gasteiger partial charge in [-0.1, -0.05) is 11.6 Å². The Hall–Kier alpha value is -0.380. The standard InChI is InChI=1S/C14H22ClN3O3S2.ClH/c1-16-7-4-11-5-8-18(9-6-11)13(19)10-17-23(20,21)14-3-2-12(15)22-14;/h2-3,11,16-17H,4-10H2,1H3;1H. The summed E-state index contributed by atoms with van der Waals surface area (Å²) in [5.41, 5.74) is 0. The maximum atomic E-state index is 12.2. The van der Waals surface area contributed by atoms with Crippen LogP contribution in [-0.2, 0) is 14.8 Å². The Balaban J connectivity index is 0.00000288. The van der Waals surface area contributed by atoms with Gasteiger partial charge in [0, 0.05) is 13.1 Å². The molecule has 138 valence electrons. The zero-order valence-electron chi connectivity index (χ0n) is 13.5. The SMILES string of the molecule is CNCCC1CCN(C(=O)CNS(=O)(=O)c2ccc(Cl)s2)CC1.Cl. The zero-order valence-corrected chi connectivity index (χ0v) is 16.7. The fourth-order valence-corrected chi connectivity index (χ4v) is 5.10. The Kier molecular flexibility index (Phi) is 8.97. The highest BCUT2D eigenvalue weighted by Crippen LogP contribution is 2.25. The fraction of sp³-hybridized carbons (Fsp3) is 0.643. The average Bonchev–Trinajstić information content (AvgIpc) is 2.98. The molecule has 1 aromatic heterocycles. The first-order valence-electron chi connectivity index (χ1n) is 7.60. The van der Waals surface area contributed by atoms with Crippen molar-refractivity contribution in [2.45, 2.75) is 23.5 Å². The highest BCUT2D eigenvalue weighted by atomic mass is 35.5. The van der Waals surface area contributed by atoms with Gasteiger partial charge < -0.3 is 10.2 Å². The van der Waals surface area contributed by atoms with Crippen molar-refractivity contribution in [2.75, 3.05) is 33.2 Å². The van der Waals surface area contributed by atoms with Gasteiger partial charge in [-0.15, -0.1) is 23.7 Å². The molecule has 1 aromatic rings. The molecule has 0 saturated carbocycles. The molecule has 1 aliphatic rings. The molecule has 1 saturated heterocycles. The third-order valence-electron chi connectivity index (χ3n) is 4.00. The van der Waals surface area contributed by atoms with Crippen LogP contribution in [0, 0.1) is 5.92 Å². The van der Waals surface area contributed by atoms with Crippen LogP contribution in [0.25, 0.3) is 0 Å². The molecule has 1 fully saturated rings. The van der Waals surface area contributed by atoms with E-state index in [4.69, 9.17) is 11.6 Å². The van der Waals surface area contributed by atoms with Crippen LogP contribution in [0.15, 0.2) is 16.3 Å². The third-order valence-corrected chi connectivity index (χ3v) is 7.12. The lowest BCUT2D eigenvalue weighted by Crippen LogP contribution is -2.44. The van der Waals surface area contributed by atoms with E-state index in [-0.39, 0.29) is 29.1 Å². The van der Waals surface area contributed by atoms with E-state index in [9.17, 15) is 13.2 Å². The molecule has 2 N–H and O–H groups in total. The second-order valence-electron chi connectivity index (χ2n) is 5.60. The molecule has 1 aliphatic heterocycles. The van der Waals surface area contributed by atoms with Gasteiger partial charge in [0.1, 0.15) is 4.21 Å². The molecule has 0 bridgehead atoms. The van der Waals surface area contributed by atoms with Gasteiger partial charge in [0.15, 0.2) is 0 Å². The van der Waals surface area contributed by atoms with Gasteiger partial charge in [0.2, 0.25) is 5.91 Å². The highest BCUT2D eigenvalue weighted by Gasteiger charge is 2.24. The number of rotatable bonds is 7. The lowest BCUT2D eigenvalue weighted by atomic mass is 9.93. The number of piperidine rings is 1. The van der Waals surface area contributed by atoms with E-state index >= 15 is 0 Å². The average molecular weight is 416 g/mol. The number of sulfonamides is 1. The van der Waals surface area contributed by atoms with Crippen molar-refractivity contribution in [2.24, 2.45) is 5.92 Å². The summed E-state index contributed by atoms with van der Waals surface area (Å²) in [6.45, 7) is 2.17. The number of likely N-dealkylation sites (tertiary alicyclic amines) is 1. The molecular formula is C14H23Cl2N3O3S2. The lowest BCUT2D eigenvalue weighted by molar-refractivity contribution is -0.131. The minimum absolute atomic E-state index is 0. The predicted octanol–water partition coefficient (Wildman–Crippen LogP) is 1.95. The molecule has 0 radical (unpaired) electrons. The van der Waals surface area contributed by atoms with Gasteiger partial charge in [0.25, 0.3) is 10.0 Å². The minimum atomic E-state index is -3.67. The topological polar surface area (TPSA) is 78.5 Å². The van der Waals surface area contributed by atoms with Crippen LogP contribution in [0.5, 0.6) is 0 Å². The van der Waals surface area contributed by atoms with E-state index in [0.29, 0.717) is 23.3 Å². The van der Waals surface area contributed by atoms with Crippen LogP contribution >= 0.6 is 35.3 Å². The Bertz CT molecular complexity index is 629. The van der Waals surface area contributed by atoms with Crippen molar-refractivity contribution in [1.29, 1.82) is 0 Å². The molecule has 24 heavy (non-hydrogen) atoms. The second kappa shape index (κ2) is 9.94. The van der Waals surface area contributed by atoms with Gasteiger partial charge in [-0.3, -0.25) is 4.79 Å². The van der Waals surface area contributed by atoms with Crippen LogP contribution in [-0.4, -0.2) is 52.5 Å². The number of hydrogen-bond donors (Lipinski definition) is 2. The molecule has 0 aliphatic carbocycles. The normalized spacial score (nSPS) is 16.0. The summed E-state index contributed by atoms with van der Waals surface area (Å²) in [7, 11) is -1.73. The Morgan fingerprint density at radius 2 is 2.04 bits per heavy atom. The number of amides is 1. The van der Waals surface area contributed by atoms with E-state index in [2.05, 4.69) is 10.0 Å². The van der Waals surface area contributed by atoms with Gasteiger partial charge in [0.05, 0.1) is 10.9 Å². The molecular weight excluding hydrogens is 393 g/mol. The monoisotopic (exact) mass is 415 g/mol. The number of carbonyl (C=O) groups is 1. The van der Waals surface area contributed by atoms with Crippen molar-refractivity contribution in [3.8, 4) is 0 Å². The van der Waals surface area contributed by atoms with Crippen molar-refractivity contribution >= 4 is 51.3 Å². The van der Waals surface area contributed by atoms with E-state index in [1.54, 1.807) is 4.90 Å². The van der Waals surface area contributed by atoms with Crippen LogP contribution in [0.3, 0.4) is 0 Å². The number of hydrogen-bond acceptors (Lipinski definition) is 5. The lowest BCUT2D eigenvalue weighted by Gasteiger charge is -2.32. The summed E-state index contributed by atoms with van der Waals surface area (Å²) >= 11 is 6.72. The summed E-state index contributed by atoms with van der Waals surface area (Å²) in [6, 6.07) is 2.96. The first-order chi connectivity index (χ1) is 10.9. The largest absolute Gasteiger partial charge is 0.342 e. The summed E-state index contributed by atoms with van der Waals surface area (Å²) < 4.78 is 27.0. The first-order valence-corrected chi connectivity index (χ1v) is 10.3. The molecule has 0 spiro atoms. The summed E-state index contributed by atoms with van der Waals surface area (Å²) in [5.74, 6) is 0.458. The quantitative estimate of drug-likeness (QED) is 0.712. The molecule has 2 heterocycles. The van der Waals surface area contributed by atoms with Crippen molar-refractivity contribution < 1.29 is 13.2 Å².